The highest BCUT2D eigenvalue weighted by molar-refractivity contribution is 5.76. The summed E-state index contributed by atoms with van der Waals surface area (Å²) in [5, 5.41) is 8.49. The predicted octanol–water partition coefficient (Wildman–Crippen LogP) is 3.83. The molecule has 0 saturated heterocycles. The number of fused-ring (bicyclic) bond motifs is 1. The Kier molecular flexibility index (Phi) is 4.09. The van der Waals surface area contributed by atoms with Gasteiger partial charge in [-0.2, -0.15) is 0 Å². The summed E-state index contributed by atoms with van der Waals surface area (Å²) in [5.74, 6) is 0.926. The molecule has 4 nitrogen and oxygen atoms in total. The molecule has 3 rings (SSSR count). The molecule has 0 N–H and O–H groups in total. The first-order valence-corrected chi connectivity index (χ1v) is 7.63. The van der Waals surface area contributed by atoms with Crippen LogP contribution in [0.4, 0.5) is 0 Å². The molecule has 0 atom stereocenters. The van der Waals surface area contributed by atoms with Crippen molar-refractivity contribution in [3.05, 3.63) is 53.1 Å². The molecule has 0 unspecified atom stereocenters. The average molecular weight is 295 g/mol. The Bertz CT molecular complexity index is 792. The summed E-state index contributed by atoms with van der Waals surface area (Å²) >= 11 is 0. The summed E-state index contributed by atoms with van der Waals surface area (Å²) in [6, 6.07) is 12.4. The maximum Gasteiger partial charge on any atom is 0.119 e. The van der Waals surface area contributed by atoms with E-state index in [1.165, 1.54) is 16.7 Å². The molecule has 22 heavy (non-hydrogen) atoms. The standard InChI is InChI=1S/C18H21N3O/c1-13-6-4-7-16(10-13)22-9-5-8-21-18-12-15(3)14(2)11-17(18)19-20-21/h4,6-7,10-12H,5,8-9H2,1-3H3. The van der Waals surface area contributed by atoms with E-state index in [0.29, 0.717) is 6.61 Å². The topological polar surface area (TPSA) is 39.9 Å². The minimum absolute atomic E-state index is 0.676. The van der Waals surface area contributed by atoms with Crippen molar-refractivity contribution in [1.29, 1.82) is 0 Å². The minimum atomic E-state index is 0.676. The quantitative estimate of drug-likeness (QED) is 0.672. The second-order valence-corrected chi connectivity index (χ2v) is 5.76. The van der Waals surface area contributed by atoms with Crippen molar-refractivity contribution in [3.63, 3.8) is 0 Å². The van der Waals surface area contributed by atoms with E-state index in [-0.39, 0.29) is 0 Å². The molecule has 1 heterocycles. The molecule has 3 aromatic rings. The van der Waals surface area contributed by atoms with Gasteiger partial charge in [0, 0.05) is 13.0 Å². The monoisotopic (exact) mass is 295 g/mol. The Morgan fingerprint density at radius 2 is 1.86 bits per heavy atom. The largest absolute Gasteiger partial charge is 0.494 e. The average Bonchev–Trinajstić information content (AvgIpc) is 2.86. The predicted molar refractivity (Wildman–Crippen MR) is 88.3 cm³/mol. The van der Waals surface area contributed by atoms with Gasteiger partial charge in [0.2, 0.25) is 0 Å². The number of ether oxygens (including phenoxy) is 1. The van der Waals surface area contributed by atoms with Crippen LogP contribution in [0.3, 0.4) is 0 Å². The summed E-state index contributed by atoms with van der Waals surface area (Å²) in [5.41, 5.74) is 5.79. The number of aromatic nitrogens is 3. The summed E-state index contributed by atoms with van der Waals surface area (Å²) in [6.45, 7) is 7.77. The molecular formula is C18H21N3O. The molecule has 1 aromatic heterocycles. The van der Waals surface area contributed by atoms with E-state index in [1.807, 2.05) is 16.8 Å². The Labute approximate surface area is 130 Å². The number of aryl methyl sites for hydroxylation is 4. The van der Waals surface area contributed by atoms with Crippen LogP contribution in [-0.4, -0.2) is 21.6 Å². The van der Waals surface area contributed by atoms with Crippen LogP contribution in [0.2, 0.25) is 0 Å². The summed E-state index contributed by atoms with van der Waals surface area (Å²) < 4.78 is 7.74. The van der Waals surface area contributed by atoms with Crippen LogP contribution in [0.5, 0.6) is 5.75 Å². The molecule has 4 heteroatoms. The molecule has 0 aliphatic rings. The van der Waals surface area contributed by atoms with Crippen molar-refractivity contribution in [2.24, 2.45) is 0 Å². The number of hydrogen-bond donors (Lipinski definition) is 0. The van der Waals surface area contributed by atoms with Crippen LogP contribution in [0, 0.1) is 20.8 Å². The third-order valence-corrected chi connectivity index (χ3v) is 3.90. The zero-order valence-corrected chi connectivity index (χ0v) is 13.3. The van der Waals surface area contributed by atoms with Gasteiger partial charge in [0.1, 0.15) is 11.3 Å². The van der Waals surface area contributed by atoms with Crippen molar-refractivity contribution < 1.29 is 4.74 Å². The van der Waals surface area contributed by atoms with Crippen LogP contribution < -0.4 is 4.74 Å². The molecule has 114 valence electrons. The Morgan fingerprint density at radius 3 is 2.68 bits per heavy atom. The van der Waals surface area contributed by atoms with Crippen LogP contribution in [-0.2, 0) is 6.54 Å². The molecule has 0 fully saturated rings. The third kappa shape index (κ3) is 3.11. The van der Waals surface area contributed by atoms with E-state index in [0.717, 1.165) is 29.7 Å². The molecule has 0 amide bonds. The van der Waals surface area contributed by atoms with E-state index >= 15 is 0 Å². The van der Waals surface area contributed by atoms with Gasteiger partial charge < -0.3 is 4.74 Å². The van der Waals surface area contributed by atoms with Gasteiger partial charge in [-0.1, -0.05) is 17.3 Å². The van der Waals surface area contributed by atoms with Crippen molar-refractivity contribution in [3.8, 4) is 5.75 Å². The maximum absolute atomic E-state index is 5.78. The van der Waals surface area contributed by atoms with Gasteiger partial charge in [0.25, 0.3) is 0 Å². The third-order valence-electron chi connectivity index (χ3n) is 3.90. The fraction of sp³-hybridized carbons (Fsp3) is 0.333. The Morgan fingerprint density at radius 1 is 1.05 bits per heavy atom. The first-order valence-electron chi connectivity index (χ1n) is 7.63. The van der Waals surface area contributed by atoms with Gasteiger partial charge in [-0.3, -0.25) is 0 Å². The highest BCUT2D eigenvalue weighted by Gasteiger charge is 2.06. The number of rotatable bonds is 5. The van der Waals surface area contributed by atoms with Crippen molar-refractivity contribution in [2.75, 3.05) is 6.61 Å². The lowest BCUT2D eigenvalue weighted by atomic mass is 10.1. The highest BCUT2D eigenvalue weighted by Crippen LogP contribution is 2.17. The van der Waals surface area contributed by atoms with Crippen molar-refractivity contribution in [1.82, 2.24) is 15.0 Å². The molecule has 0 aliphatic heterocycles. The normalized spacial score (nSPS) is 11.0. The van der Waals surface area contributed by atoms with E-state index < -0.39 is 0 Å². The molecular weight excluding hydrogens is 274 g/mol. The first-order chi connectivity index (χ1) is 10.6. The smallest absolute Gasteiger partial charge is 0.119 e. The van der Waals surface area contributed by atoms with Gasteiger partial charge >= 0.3 is 0 Å². The van der Waals surface area contributed by atoms with Crippen molar-refractivity contribution in [2.45, 2.75) is 33.7 Å². The number of nitrogens with zero attached hydrogens (tertiary/aromatic N) is 3. The summed E-state index contributed by atoms with van der Waals surface area (Å²) in [6.07, 6.45) is 0.902. The molecule has 0 spiro atoms. The fourth-order valence-electron chi connectivity index (χ4n) is 2.50. The van der Waals surface area contributed by atoms with E-state index in [4.69, 9.17) is 4.74 Å². The first kappa shape index (κ1) is 14.6. The zero-order valence-electron chi connectivity index (χ0n) is 13.3. The van der Waals surface area contributed by atoms with Gasteiger partial charge in [0.15, 0.2) is 0 Å². The Hall–Kier alpha value is -2.36. The highest BCUT2D eigenvalue weighted by atomic mass is 16.5. The van der Waals surface area contributed by atoms with Crippen LogP contribution in [0.1, 0.15) is 23.1 Å². The second kappa shape index (κ2) is 6.18. The summed E-state index contributed by atoms with van der Waals surface area (Å²) in [7, 11) is 0. The van der Waals surface area contributed by atoms with Crippen LogP contribution >= 0.6 is 0 Å². The molecule has 0 radical (unpaired) electrons. The zero-order chi connectivity index (χ0) is 15.5. The summed E-state index contributed by atoms with van der Waals surface area (Å²) in [4.78, 5) is 0. The van der Waals surface area contributed by atoms with Crippen LogP contribution in [0.15, 0.2) is 36.4 Å². The van der Waals surface area contributed by atoms with Crippen LogP contribution in [0.25, 0.3) is 11.0 Å². The number of hydrogen-bond acceptors (Lipinski definition) is 3. The lowest BCUT2D eigenvalue weighted by Crippen LogP contribution is -2.06. The van der Waals surface area contributed by atoms with E-state index in [1.54, 1.807) is 0 Å². The maximum atomic E-state index is 5.78. The lowest BCUT2D eigenvalue weighted by Gasteiger charge is -2.07. The minimum Gasteiger partial charge on any atom is -0.494 e. The number of benzene rings is 2. The second-order valence-electron chi connectivity index (χ2n) is 5.76. The Balaban J connectivity index is 1.61. The fourth-order valence-corrected chi connectivity index (χ4v) is 2.50. The van der Waals surface area contributed by atoms with E-state index in [2.05, 4.69) is 55.3 Å². The van der Waals surface area contributed by atoms with Gasteiger partial charge in [-0.05, 0) is 61.7 Å². The van der Waals surface area contributed by atoms with Gasteiger partial charge in [-0.25, -0.2) is 4.68 Å². The lowest BCUT2D eigenvalue weighted by molar-refractivity contribution is 0.299. The molecule has 0 saturated carbocycles. The van der Waals surface area contributed by atoms with Crippen molar-refractivity contribution >= 4 is 11.0 Å². The molecule has 0 bridgehead atoms. The van der Waals surface area contributed by atoms with Gasteiger partial charge in [0.05, 0.1) is 12.1 Å². The van der Waals surface area contributed by atoms with Gasteiger partial charge in [-0.15, -0.1) is 5.10 Å². The van der Waals surface area contributed by atoms with E-state index in [9.17, 15) is 0 Å². The SMILES string of the molecule is Cc1cccc(OCCCn2nnc3cc(C)c(C)cc32)c1. The molecule has 2 aromatic carbocycles. The molecule has 0 aliphatic carbocycles.